The molecule has 1 N–H and O–H groups in total. The van der Waals surface area contributed by atoms with Crippen LogP contribution in [0.3, 0.4) is 0 Å². The molecule has 0 bridgehead atoms. The van der Waals surface area contributed by atoms with Crippen LogP contribution in [0.1, 0.15) is 97.8 Å². The van der Waals surface area contributed by atoms with Crippen molar-refractivity contribution >= 4 is 0 Å². The molecule has 0 aromatic rings. The summed E-state index contributed by atoms with van der Waals surface area (Å²) in [5.41, 5.74) is 0. The molecule has 0 fully saturated rings. The van der Waals surface area contributed by atoms with E-state index < -0.39 is 0 Å². The Labute approximate surface area is 140 Å². The summed E-state index contributed by atoms with van der Waals surface area (Å²) in [5.74, 6) is 0. The predicted molar refractivity (Wildman–Crippen MR) is 99.2 cm³/mol. The third kappa shape index (κ3) is 11.5. The molecule has 0 spiro atoms. The number of unbranched alkanes of at least 4 members (excludes halogenated alkanes) is 8. The van der Waals surface area contributed by atoms with E-state index in [2.05, 4.69) is 20.8 Å². The van der Waals surface area contributed by atoms with Gasteiger partial charge in [-0.15, -0.1) is 0 Å². The number of aliphatic hydroxyl groups excluding tert-OH is 1. The zero-order valence-electron chi connectivity index (χ0n) is 15.9. The number of hydrogen-bond acceptors (Lipinski definition) is 1. The number of hydrogen-bond donors (Lipinski definition) is 1. The van der Waals surface area contributed by atoms with Gasteiger partial charge in [-0.05, 0) is 38.5 Å². The van der Waals surface area contributed by atoms with Crippen LogP contribution < -0.4 is 0 Å². The number of quaternary nitrogens is 1. The average molecular weight is 315 g/mol. The lowest BCUT2D eigenvalue weighted by Crippen LogP contribution is -2.51. The average Bonchev–Trinajstić information content (AvgIpc) is 2.54. The number of aliphatic hydroxyl groups is 1. The Morgan fingerprint density at radius 1 is 0.500 bits per heavy atom. The van der Waals surface area contributed by atoms with Crippen LogP contribution in [0.2, 0.25) is 0 Å². The van der Waals surface area contributed by atoms with Crippen molar-refractivity contribution in [1.29, 1.82) is 0 Å². The van der Waals surface area contributed by atoms with Gasteiger partial charge < -0.3 is 9.59 Å². The predicted octanol–water partition coefficient (Wildman–Crippen LogP) is 5.54. The highest BCUT2D eigenvalue weighted by atomic mass is 16.3. The quantitative estimate of drug-likeness (QED) is 0.276. The minimum absolute atomic E-state index is 0.359. The summed E-state index contributed by atoms with van der Waals surface area (Å²) in [5, 5.41) is 9.31. The highest BCUT2D eigenvalue weighted by Gasteiger charge is 2.25. The van der Waals surface area contributed by atoms with E-state index >= 15 is 0 Å². The van der Waals surface area contributed by atoms with Gasteiger partial charge in [-0.1, -0.05) is 52.9 Å². The number of nitrogens with zero attached hydrogens (tertiary/aromatic N) is 1. The lowest BCUT2D eigenvalue weighted by molar-refractivity contribution is -0.929. The standard InChI is InChI=1S/C20H44NO/c1-4-7-10-13-17-21(19-15-20-22,16-12-9-6-3)18-14-11-8-5-2/h22H,4-20H2,1-3H3/q+1. The van der Waals surface area contributed by atoms with E-state index in [1.165, 1.54) is 101 Å². The third-order valence-corrected chi connectivity index (χ3v) is 5.00. The zero-order chi connectivity index (χ0) is 16.5. The molecule has 2 nitrogen and oxygen atoms in total. The summed E-state index contributed by atoms with van der Waals surface area (Å²) in [6.07, 6.45) is 15.9. The molecular formula is C20H44NO+. The van der Waals surface area contributed by atoms with E-state index in [1.807, 2.05) is 0 Å². The van der Waals surface area contributed by atoms with Crippen LogP contribution in [0.5, 0.6) is 0 Å². The van der Waals surface area contributed by atoms with Crippen molar-refractivity contribution in [3.05, 3.63) is 0 Å². The van der Waals surface area contributed by atoms with Crippen molar-refractivity contribution < 1.29 is 9.59 Å². The van der Waals surface area contributed by atoms with Gasteiger partial charge in [0.1, 0.15) is 0 Å². The van der Waals surface area contributed by atoms with E-state index in [9.17, 15) is 5.11 Å². The summed E-state index contributed by atoms with van der Waals surface area (Å²) in [6, 6.07) is 0. The van der Waals surface area contributed by atoms with Crippen LogP contribution in [0, 0.1) is 0 Å². The molecule has 22 heavy (non-hydrogen) atoms. The van der Waals surface area contributed by atoms with Crippen LogP contribution in [-0.2, 0) is 0 Å². The zero-order valence-corrected chi connectivity index (χ0v) is 15.9. The molecule has 0 atom stereocenters. The highest BCUT2D eigenvalue weighted by molar-refractivity contribution is 4.52. The molecule has 0 saturated heterocycles. The normalized spacial score (nSPS) is 12.0. The lowest BCUT2D eigenvalue weighted by Gasteiger charge is -2.39. The minimum Gasteiger partial charge on any atom is -0.396 e. The molecule has 2 heteroatoms. The maximum absolute atomic E-state index is 9.31. The van der Waals surface area contributed by atoms with Gasteiger partial charge in [-0.2, -0.15) is 0 Å². The first-order chi connectivity index (χ1) is 10.7. The molecule has 0 aromatic heterocycles. The Bertz CT molecular complexity index is 206. The van der Waals surface area contributed by atoms with Crippen molar-refractivity contribution in [2.75, 3.05) is 32.8 Å². The van der Waals surface area contributed by atoms with Crippen molar-refractivity contribution in [2.45, 2.75) is 97.8 Å². The van der Waals surface area contributed by atoms with Crippen LogP contribution in [0.15, 0.2) is 0 Å². The first-order valence-electron chi connectivity index (χ1n) is 10.2. The fourth-order valence-corrected chi connectivity index (χ4v) is 3.52. The third-order valence-electron chi connectivity index (χ3n) is 5.00. The minimum atomic E-state index is 0.359. The van der Waals surface area contributed by atoms with E-state index in [4.69, 9.17) is 0 Å². The summed E-state index contributed by atoms with van der Waals surface area (Å²) >= 11 is 0. The van der Waals surface area contributed by atoms with E-state index in [1.54, 1.807) is 0 Å². The molecule has 0 aliphatic carbocycles. The molecule has 0 heterocycles. The molecule has 0 aromatic carbocycles. The molecule has 0 unspecified atom stereocenters. The summed E-state index contributed by atoms with van der Waals surface area (Å²) in [7, 11) is 0. The highest BCUT2D eigenvalue weighted by Crippen LogP contribution is 2.18. The second-order valence-corrected chi connectivity index (χ2v) is 7.14. The molecule has 0 aliphatic rings. The largest absolute Gasteiger partial charge is 0.396 e. The molecule has 134 valence electrons. The van der Waals surface area contributed by atoms with Crippen LogP contribution >= 0.6 is 0 Å². The van der Waals surface area contributed by atoms with Crippen molar-refractivity contribution in [3.8, 4) is 0 Å². The van der Waals surface area contributed by atoms with Gasteiger partial charge in [0.15, 0.2) is 0 Å². The molecule has 0 rings (SSSR count). The molecular weight excluding hydrogens is 270 g/mol. The van der Waals surface area contributed by atoms with E-state index in [0.717, 1.165) is 6.42 Å². The first-order valence-corrected chi connectivity index (χ1v) is 10.2. The fourth-order valence-electron chi connectivity index (χ4n) is 3.52. The molecule has 0 amide bonds. The van der Waals surface area contributed by atoms with Gasteiger partial charge in [0, 0.05) is 13.0 Å². The second-order valence-electron chi connectivity index (χ2n) is 7.14. The number of rotatable bonds is 17. The monoisotopic (exact) mass is 314 g/mol. The van der Waals surface area contributed by atoms with Gasteiger partial charge in [0.25, 0.3) is 0 Å². The Kier molecular flexibility index (Phi) is 15.7. The van der Waals surface area contributed by atoms with E-state index in [0.29, 0.717) is 6.61 Å². The van der Waals surface area contributed by atoms with Crippen molar-refractivity contribution in [3.63, 3.8) is 0 Å². The van der Waals surface area contributed by atoms with Crippen LogP contribution in [0.4, 0.5) is 0 Å². The van der Waals surface area contributed by atoms with Crippen molar-refractivity contribution in [1.82, 2.24) is 0 Å². The van der Waals surface area contributed by atoms with Crippen LogP contribution in [-0.4, -0.2) is 42.4 Å². The fraction of sp³-hybridized carbons (Fsp3) is 1.00. The summed E-state index contributed by atoms with van der Waals surface area (Å²) in [4.78, 5) is 0. The Morgan fingerprint density at radius 3 is 1.27 bits per heavy atom. The lowest BCUT2D eigenvalue weighted by atomic mass is 10.1. The maximum atomic E-state index is 9.31. The molecule has 0 saturated carbocycles. The smallest absolute Gasteiger partial charge is 0.0808 e. The van der Waals surface area contributed by atoms with Crippen molar-refractivity contribution in [2.24, 2.45) is 0 Å². The topological polar surface area (TPSA) is 20.2 Å². The first kappa shape index (κ1) is 21.9. The van der Waals surface area contributed by atoms with Gasteiger partial charge >= 0.3 is 0 Å². The SMILES string of the molecule is CCCCCC[N+](CCCO)(CCCCC)CCCCCC. The Morgan fingerprint density at radius 2 is 0.864 bits per heavy atom. The van der Waals surface area contributed by atoms with E-state index in [-0.39, 0.29) is 0 Å². The maximum Gasteiger partial charge on any atom is 0.0808 e. The molecule has 0 aliphatic heterocycles. The summed E-state index contributed by atoms with van der Waals surface area (Å²) in [6.45, 7) is 12.5. The van der Waals surface area contributed by atoms with Crippen LogP contribution in [0.25, 0.3) is 0 Å². The van der Waals surface area contributed by atoms with Gasteiger partial charge in [-0.25, -0.2) is 0 Å². The second kappa shape index (κ2) is 15.8. The summed E-state index contributed by atoms with van der Waals surface area (Å²) < 4.78 is 1.29. The van der Waals surface area contributed by atoms with Gasteiger partial charge in [-0.3, -0.25) is 0 Å². The Balaban J connectivity index is 4.49. The van der Waals surface area contributed by atoms with Gasteiger partial charge in [0.2, 0.25) is 0 Å². The Hall–Kier alpha value is -0.0800. The van der Waals surface area contributed by atoms with Gasteiger partial charge in [0.05, 0.1) is 26.2 Å². The molecule has 0 radical (unpaired) electrons.